The SMILES string of the molecule is CC(=O)[O-].CC(=O)[O-].CC(=O)[O-].CC(=O)[O-].O=S(=O)(Oc1cccc(C2=CC=CC2)c1C(F)(F)F)C(F)(F)F.[Ti+4]. The summed E-state index contributed by atoms with van der Waals surface area (Å²) in [5, 5.41) is 35.6. The molecule has 0 aliphatic heterocycles. The molecule has 0 fully saturated rings. The summed E-state index contributed by atoms with van der Waals surface area (Å²) in [6.07, 6.45) is -0.577. The Morgan fingerprint density at radius 2 is 1.18 bits per heavy atom. The molecule has 2 rings (SSSR count). The number of allylic oxidation sites excluding steroid dienone is 4. The third-order valence-electron chi connectivity index (χ3n) is 2.91. The molecule has 0 amide bonds. The summed E-state index contributed by atoms with van der Waals surface area (Å²) < 4.78 is 102. The molecule has 0 spiro atoms. The normalized spacial score (nSPS) is 11.5. The fourth-order valence-corrected chi connectivity index (χ4v) is 2.44. The molecule has 0 aromatic heterocycles. The Bertz CT molecular complexity index is 1090. The van der Waals surface area contributed by atoms with Gasteiger partial charge in [-0.05, 0) is 51.3 Å². The Labute approximate surface area is 238 Å². The van der Waals surface area contributed by atoms with Crippen molar-refractivity contribution in [1.82, 2.24) is 0 Å². The quantitative estimate of drug-likeness (QED) is 0.175. The molecule has 11 nitrogen and oxygen atoms in total. The summed E-state index contributed by atoms with van der Waals surface area (Å²) in [5.74, 6) is -5.75. The monoisotopic (exact) mass is 642 g/mol. The molecule has 1 aromatic carbocycles. The largest absolute Gasteiger partial charge is 4.00 e. The van der Waals surface area contributed by atoms with Gasteiger partial charge in [0.15, 0.2) is 5.75 Å². The fourth-order valence-electron chi connectivity index (χ4n) is 1.97. The molecule has 0 heterocycles. The van der Waals surface area contributed by atoms with Crippen LogP contribution < -0.4 is 24.6 Å². The molecular formula is C21H20F6O11STi. The van der Waals surface area contributed by atoms with Crippen molar-refractivity contribution < 1.29 is 100 Å². The van der Waals surface area contributed by atoms with Gasteiger partial charge in [0.2, 0.25) is 0 Å². The number of carboxylic acid groups (broad SMARTS) is 4. The van der Waals surface area contributed by atoms with Gasteiger partial charge in [-0.3, -0.25) is 0 Å². The van der Waals surface area contributed by atoms with Gasteiger partial charge in [-0.2, -0.15) is 34.8 Å². The van der Waals surface area contributed by atoms with E-state index in [0.29, 0.717) is 6.07 Å². The maximum atomic E-state index is 13.2. The number of carbonyl (C=O) groups is 4. The number of aliphatic carboxylic acids is 4. The van der Waals surface area contributed by atoms with Crippen LogP contribution in [-0.4, -0.2) is 37.8 Å². The topological polar surface area (TPSA) is 204 Å². The number of alkyl halides is 6. The Balaban J connectivity index is -0.000000314. The summed E-state index contributed by atoms with van der Waals surface area (Å²) in [7, 11) is -6.21. The van der Waals surface area contributed by atoms with Crippen molar-refractivity contribution in [3.8, 4) is 5.75 Å². The summed E-state index contributed by atoms with van der Waals surface area (Å²) in [6, 6.07) is 2.55. The van der Waals surface area contributed by atoms with Crippen LogP contribution in [0.15, 0.2) is 36.4 Å². The molecule has 1 aliphatic rings. The van der Waals surface area contributed by atoms with E-state index in [4.69, 9.17) is 39.6 Å². The second kappa shape index (κ2) is 19.6. The van der Waals surface area contributed by atoms with E-state index in [2.05, 4.69) is 4.18 Å². The molecule has 0 unspecified atom stereocenters. The van der Waals surface area contributed by atoms with Crippen molar-refractivity contribution in [2.24, 2.45) is 0 Å². The number of halogens is 6. The van der Waals surface area contributed by atoms with Gasteiger partial charge in [0, 0.05) is 23.9 Å². The van der Waals surface area contributed by atoms with Gasteiger partial charge in [0.1, 0.15) is 5.56 Å². The summed E-state index contributed by atoms with van der Waals surface area (Å²) in [6.45, 7) is 3.89. The van der Waals surface area contributed by atoms with Crippen molar-refractivity contribution in [2.75, 3.05) is 0 Å². The molecule has 40 heavy (non-hydrogen) atoms. The van der Waals surface area contributed by atoms with Crippen LogP contribution in [0.25, 0.3) is 5.57 Å². The predicted octanol–water partition coefficient (Wildman–Crippen LogP) is -0.701. The Hall–Kier alpha value is -3.38. The van der Waals surface area contributed by atoms with Gasteiger partial charge in [-0.25, -0.2) is 0 Å². The maximum absolute atomic E-state index is 13.2. The minimum atomic E-state index is -6.21. The van der Waals surface area contributed by atoms with E-state index in [-0.39, 0.29) is 33.7 Å². The number of benzene rings is 1. The zero-order valence-corrected chi connectivity index (χ0v) is 23.2. The van der Waals surface area contributed by atoms with Crippen molar-refractivity contribution in [3.63, 3.8) is 0 Å². The van der Waals surface area contributed by atoms with Crippen molar-refractivity contribution in [2.45, 2.75) is 45.8 Å². The Morgan fingerprint density at radius 1 is 0.800 bits per heavy atom. The van der Waals surface area contributed by atoms with E-state index in [0.717, 1.165) is 39.8 Å². The maximum Gasteiger partial charge on any atom is 4.00 e. The Morgan fingerprint density at radius 3 is 1.45 bits per heavy atom. The first-order valence-electron chi connectivity index (χ1n) is 9.64. The number of hydrogen-bond donors (Lipinski definition) is 0. The van der Waals surface area contributed by atoms with Crippen LogP contribution in [0.1, 0.15) is 45.2 Å². The molecule has 0 radical (unpaired) electrons. The Kier molecular flexibility index (Phi) is 21.4. The molecule has 222 valence electrons. The van der Waals surface area contributed by atoms with Gasteiger partial charge >= 0.3 is 43.5 Å². The average molecular weight is 642 g/mol. The van der Waals surface area contributed by atoms with Crippen LogP contribution in [0.4, 0.5) is 26.3 Å². The van der Waals surface area contributed by atoms with E-state index >= 15 is 0 Å². The van der Waals surface area contributed by atoms with Crippen molar-refractivity contribution in [3.05, 3.63) is 47.6 Å². The minimum Gasteiger partial charge on any atom is -0.550 e. The van der Waals surface area contributed by atoms with Gasteiger partial charge in [-0.1, -0.05) is 30.4 Å². The molecule has 1 aromatic rings. The first-order chi connectivity index (χ1) is 17.4. The molecule has 1 aliphatic carbocycles. The van der Waals surface area contributed by atoms with Gasteiger partial charge < -0.3 is 43.8 Å². The molecule has 0 saturated carbocycles. The molecule has 19 heteroatoms. The van der Waals surface area contributed by atoms with Crippen LogP contribution in [0, 0.1) is 0 Å². The van der Waals surface area contributed by atoms with Crippen LogP contribution in [-0.2, 0) is 57.2 Å². The van der Waals surface area contributed by atoms with E-state index in [9.17, 15) is 34.8 Å². The molecule has 0 saturated heterocycles. The third-order valence-corrected chi connectivity index (χ3v) is 3.88. The zero-order chi connectivity index (χ0) is 31.8. The van der Waals surface area contributed by atoms with Crippen LogP contribution in [0.2, 0.25) is 0 Å². The predicted molar refractivity (Wildman–Crippen MR) is 112 cm³/mol. The number of carbonyl (C=O) groups excluding carboxylic acids is 4. The smallest absolute Gasteiger partial charge is 0.550 e. The van der Waals surface area contributed by atoms with E-state index < -0.39 is 62.6 Å². The van der Waals surface area contributed by atoms with Crippen LogP contribution >= 0.6 is 0 Å². The van der Waals surface area contributed by atoms with E-state index in [1.807, 2.05) is 0 Å². The first kappa shape index (κ1) is 43.7. The molecule has 0 bridgehead atoms. The minimum absolute atomic E-state index is 0. The molecule has 0 atom stereocenters. The van der Waals surface area contributed by atoms with Gasteiger partial charge in [-0.15, -0.1) is 0 Å². The van der Waals surface area contributed by atoms with Crippen LogP contribution in [0.3, 0.4) is 0 Å². The van der Waals surface area contributed by atoms with Gasteiger partial charge in [0.05, 0.1) is 0 Å². The van der Waals surface area contributed by atoms with Crippen molar-refractivity contribution in [1.29, 1.82) is 0 Å². The summed E-state index contributed by atoms with van der Waals surface area (Å²) in [5.41, 5.74) is -7.65. The summed E-state index contributed by atoms with van der Waals surface area (Å²) >= 11 is 0. The van der Waals surface area contributed by atoms with Crippen LogP contribution in [0.5, 0.6) is 5.75 Å². The second-order valence-corrected chi connectivity index (χ2v) is 7.99. The van der Waals surface area contributed by atoms with E-state index in [1.165, 1.54) is 12.2 Å². The number of hydrogen-bond acceptors (Lipinski definition) is 11. The average Bonchev–Trinajstić information content (AvgIpc) is 3.18. The van der Waals surface area contributed by atoms with E-state index in [1.54, 1.807) is 6.08 Å². The standard InChI is InChI=1S/C13H8F6O3S.4C2H4O2.Ti/c14-12(15,16)11-9(8-4-1-2-5-8)6-3-7-10(11)22-23(20,21)13(17,18)19;4*1-2(3)4;/h1-4,6-7H,5H2;4*1H3,(H,3,4);/q;;;;;+4/p-4. The summed E-state index contributed by atoms with van der Waals surface area (Å²) in [4.78, 5) is 35.6. The van der Waals surface area contributed by atoms with Crippen molar-refractivity contribution >= 4 is 39.6 Å². The molecular weight excluding hydrogens is 622 g/mol. The number of carboxylic acids is 4. The first-order valence-corrected chi connectivity index (χ1v) is 11.0. The van der Waals surface area contributed by atoms with Gasteiger partial charge in [0.25, 0.3) is 0 Å². The second-order valence-electron chi connectivity index (χ2n) is 6.45. The number of rotatable bonds is 3. The fraction of sp³-hybridized carbons (Fsp3) is 0.333. The third kappa shape index (κ3) is 22.6. The zero-order valence-electron chi connectivity index (χ0n) is 20.8. The molecule has 0 N–H and O–H groups in total.